The van der Waals surface area contributed by atoms with Gasteiger partial charge in [-0.3, -0.25) is 0 Å². The molecule has 0 saturated heterocycles. The average Bonchev–Trinajstić information content (AvgIpc) is 3.12. The molecule has 0 radical (unpaired) electrons. The highest BCUT2D eigenvalue weighted by atomic mass is 35.5. The molecule has 132 valence electrons. The lowest BCUT2D eigenvalue weighted by Gasteiger charge is -2.06. The standard InChI is InChI=1S/C19H14ClFN2O3/c1-12(25-17(24)11-4-13-2-7-15(20)8-3-13)18-22-23-19(26-18)14-5-9-16(21)10-6-14/h2-12H,1H3/b11-4+/t12-/m0/s1. The van der Waals surface area contributed by atoms with Crippen LogP contribution in [-0.4, -0.2) is 16.2 Å². The lowest BCUT2D eigenvalue weighted by atomic mass is 10.2. The summed E-state index contributed by atoms with van der Waals surface area (Å²) >= 11 is 5.81. The highest BCUT2D eigenvalue weighted by Crippen LogP contribution is 2.22. The Bertz CT molecular complexity index is 921. The molecule has 0 aliphatic heterocycles. The van der Waals surface area contributed by atoms with Crippen LogP contribution < -0.4 is 0 Å². The number of benzene rings is 2. The maximum Gasteiger partial charge on any atom is 0.331 e. The Morgan fingerprint density at radius 2 is 1.85 bits per heavy atom. The zero-order chi connectivity index (χ0) is 18.5. The maximum absolute atomic E-state index is 13.0. The van der Waals surface area contributed by atoms with E-state index in [1.165, 1.54) is 30.3 Å². The SMILES string of the molecule is C[C@H](OC(=O)/C=C/c1ccc(Cl)cc1)c1nnc(-c2ccc(F)cc2)o1. The predicted octanol–water partition coefficient (Wildman–Crippen LogP) is 4.85. The molecule has 0 unspecified atom stereocenters. The predicted molar refractivity (Wildman–Crippen MR) is 94.7 cm³/mol. The average molecular weight is 373 g/mol. The molecule has 0 aliphatic rings. The van der Waals surface area contributed by atoms with Gasteiger partial charge in [-0.05, 0) is 55.0 Å². The summed E-state index contributed by atoms with van der Waals surface area (Å²) in [5.74, 6) is -0.533. The van der Waals surface area contributed by atoms with Gasteiger partial charge >= 0.3 is 5.97 Å². The summed E-state index contributed by atoms with van der Waals surface area (Å²) < 4.78 is 23.7. The molecule has 26 heavy (non-hydrogen) atoms. The van der Waals surface area contributed by atoms with Crippen LogP contribution in [0.3, 0.4) is 0 Å². The van der Waals surface area contributed by atoms with Crippen LogP contribution in [0.2, 0.25) is 5.02 Å². The second-order valence-corrected chi connectivity index (χ2v) is 5.85. The second-order valence-electron chi connectivity index (χ2n) is 5.42. The molecule has 0 spiro atoms. The van der Waals surface area contributed by atoms with Crippen molar-refractivity contribution in [1.82, 2.24) is 10.2 Å². The molecule has 0 aliphatic carbocycles. The first-order valence-corrected chi connectivity index (χ1v) is 8.12. The summed E-state index contributed by atoms with van der Waals surface area (Å²) in [6, 6.07) is 12.7. The van der Waals surface area contributed by atoms with Crippen molar-refractivity contribution in [3.8, 4) is 11.5 Å². The fraction of sp³-hybridized carbons (Fsp3) is 0.105. The largest absolute Gasteiger partial charge is 0.449 e. The first-order chi connectivity index (χ1) is 12.5. The summed E-state index contributed by atoms with van der Waals surface area (Å²) in [5, 5.41) is 8.37. The molecule has 1 atom stereocenters. The maximum atomic E-state index is 13.0. The number of hydrogen-bond acceptors (Lipinski definition) is 5. The summed E-state index contributed by atoms with van der Waals surface area (Å²) in [5.41, 5.74) is 1.39. The number of halogens is 2. The number of ether oxygens (including phenoxy) is 1. The minimum Gasteiger partial charge on any atom is -0.449 e. The summed E-state index contributed by atoms with van der Waals surface area (Å²) in [6.07, 6.45) is 2.19. The Hall–Kier alpha value is -2.99. The third kappa shape index (κ3) is 4.55. The van der Waals surface area contributed by atoms with E-state index >= 15 is 0 Å². The van der Waals surface area contributed by atoms with Gasteiger partial charge in [-0.2, -0.15) is 0 Å². The zero-order valence-corrected chi connectivity index (χ0v) is 14.5. The van der Waals surface area contributed by atoms with Crippen LogP contribution in [0.5, 0.6) is 0 Å². The second kappa shape index (κ2) is 7.93. The van der Waals surface area contributed by atoms with E-state index in [1.807, 2.05) is 0 Å². The topological polar surface area (TPSA) is 65.2 Å². The molecular weight excluding hydrogens is 359 g/mol. The van der Waals surface area contributed by atoms with E-state index in [1.54, 1.807) is 37.3 Å². The molecule has 2 aromatic carbocycles. The van der Waals surface area contributed by atoms with Gasteiger partial charge in [-0.15, -0.1) is 10.2 Å². The Labute approximate surface area is 154 Å². The smallest absolute Gasteiger partial charge is 0.331 e. The monoisotopic (exact) mass is 372 g/mol. The van der Waals surface area contributed by atoms with Gasteiger partial charge in [-0.1, -0.05) is 23.7 Å². The number of aromatic nitrogens is 2. The number of nitrogens with zero attached hydrogens (tertiary/aromatic N) is 2. The van der Waals surface area contributed by atoms with E-state index in [-0.39, 0.29) is 17.6 Å². The van der Waals surface area contributed by atoms with Gasteiger partial charge in [-0.25, -0.2) is 9.18 Å². The van der Waals surface area contributed by atoms with Gasteiger partial charge in [0.2, 0.25) is 5.89 Å². The molecule has 1 heterocycles. The van der Waals surface area contributed by atoms with Crippen LogP contribution >= 0.6 is 11.6 Å². The molecule has 1 aromatic heterocycles. The van der Waals surface area contributed by atoms with Crippen molar-refractivity contribution in [2.75, 3.05) is 0 Å². The highest BCUT2D eigenvalue weighted by Gasteiger charge is 2.18. The molecule has 5 nitrogen and oxygen atoms in total. The van der Waals surface area contributed by atoms with E-state index in [2.05, 4.69) is 10.2 Å². The van der Waals surface area contributed by atoms with Crippen molar-refractivity contribution in [2.45, 2.75) is 13.0 Å². The summed E-state index contributed by atoms with van der Waals surface area (Å²) in [4.78, 5) is 11.9. The van der Waals surface area contributed by atoms with E-state index < -0.39 is 12.1 Å². The molecular formula is C19H14ClFN2O3. The summed E-state index contributed by atoms with van der Waals surface area (Å²) in [7, 11) is 0. The van der Waals surface area contributed by atoms with Gasteiger partial charge in [0.05, 0.1) is 0 Å². The van der Waals surface area contributed by atoms with Crippen molar-refractivity contribution in [3.05, 3.63) is 76.9 Å². The van der Waals surface area contributed by atoms with E-state index in [0.717, 1.165) is 5.56 Å². The van der Waals surface area contributed by atoms with E-state index in [4.69, 9.17) is 20.8 Å². The van der Waals surface area contributed by atoms with Crippen LogP contribution in [0, 0.1) is 5.82 Å². The first kappa shape index (κ1) is 17.8. The molecule has 0 amide bonds. The van der Waals surface area contributed by atoms with Crippen molar-refractivity contribution in [3.63, 3.8) is 0 Å². The lowest BCUT2D eigenvalue weighted by Crippen LogP contribution is -2.06. The van der Waals surface area contributed by atoms with Crippen LogP contribution in [0.25, 0.3) is 17.5 Å². The van der Waals surface area contributed by atoms with Gasteiger partial charge < -0.3 is 9.15 Å². The summed E-state index contributed by atoms with van der Waals surface area (Å²) in [6.45, 7) is 1.62. The van der Waals surface area contributed by atoms with Gasteiger partial charge in [0.25, 0.3) is 5.89 Å². The van der Waals surface area contributed by atoms with Crippen molar-refractivity contribution < 1.29 is 18.3 Å². The molecule has 0 fully saturated rings. The van der Waals surface area contributed by atoms with Crippen LogP contribution in [0.15, 0.2) is 59.0 Å². The Morgan fingerprint density at radius 1 is 1.15 bits per heavy atom. The normalized spacial score (nSPS) is 12.3. The Balaban J connectivity index is 1.62. The quantitative estimate of drug-likeness (QED) is 0.473. The fourth-order valence-corrected chi connectivity index (χ4v) is 2.24. The molecule has 0 bridgehead atoms. The van der Waals surface area contributed by atoms with Crippen molar-refractivity contribution in [1.29, 1.82) is 0 Å². The molecule has 0 saturated carbocycles. The minimum absolute atomic E-state index is 0.151. The number of esters is 1. The fourth-order valence-electron chi connectivity index (χ4n) is 2.11. The van der Waals surface area contributed by atoms with Gasteiger partial charge in [0, 0.05) is 16.7 Å². The van der Waals surface area contributed by atoms with Crippen LogP contribution in [0.1, 0.15) is 24.5 Å². The van der Waals surface area contributed by atoms with Crippen molar-refractivity contribution >= 4 is 23.6 Å². The molecule has 0 N–H and O–H groups in total. The first-order valence-electron chi connectivity index (χ1n) is 7.75. The Morgan fingerprint density at radius 3 is 2.54 bits per heavy atom. The van der Waals surface area contributed by atoms with Gasteiger partial charge in [0.1, 0.15) is 5.82 Å². The van der Waals surface area contributed by atoms with Crippen LogP contribution in [-0.2, 0) is 9.53 Å². The number of hydrogen-bond donors (Lipinski definition) is 0. The third-order valence-electron chi connectivity index (χ3n) is 3.45. The van der Waals surface area contributed by atoms with E-state index in [0.29, 0.717) is 10.6 Å². The number of rotatable bonds is 5. The highest BCUT2D eigenvalue weighted by molar-refractivity contribution is 6.30. The Kier molecular flexibility index (Phi) is 5.43. The molecule has 7 heteroatoms. The third-order valence-corrected chi connectivity index (χ3v) is 3.71. The van der Waals surface area contributed by atoms with Crippen molar-refractivity contribution in [2.24, 2.45) is 0 Å². The zero-order valence-electron chi connectivity index (χ0n) is 13.7. The van der Waals surface area contributed by atoms with Gasteiger partial charge in [0.15, 0.2) is 6.10 Å². The molecule has 3 aromatic rings. The molecule has 3 rings (SSSR count). The van der Waals surface area contributed by atoms with Crippen LogP contribution in [0.4, 0.5) is 4.39 Å². The number of carbonyl (C=O) groups excluding carboxylic acids is 1. The minimum atomic E-state index is -0.723. The number of carbonyl (C=O) groups is 1. The lowest BCUT2D eigenvalue weighted by molar-refractivity contribution is -0.143. The van der Waals surface area contributed by atoms with E-state index in [9.17, 15) is 9.18 Å².